The third kappa shape index (κ3) is 5.04. The number of aromatic nitrogens is 3. The molecule has 7 heteroatoms. The van der Waals surface area contributed by atoms with Crippen molar-refractivity contribution in [3.8, 4) is 11.4 Å². The molecule has 1 amide bonds. The van der Waals surface area contributed by atoms with E-state index >= 15 is 0 Å². The monoisotopic (exact) mass is 452 g/mol. The summed E-state index contributed by atoms with van der Waals surface area (Å²) in [5.41, 5.74) is 1.46. The zero-order valence-corrected chi connectivity index (χ0v) is 19.6. The highest BCUT2D eigenvalue weighted by Crippen LogP contribution is 2.31. The van der Waals surface area contributed by atoms with Gasteiger partial charge in [-0.2, -0.15) is 0 Å². The van der Waals surface area contributed by atoms with Gasteiger partial charge in [-0.05, 0) is 42.9 Å². The Morgan fingerprint density at radius 2 is 1.72 bits per heavy atom. The van der Waals surface area contributed by atoms with Gasteiger partial charge in [0.05, 0.1) is 17.4 Å². The molecule has 0 radical (unpaired) electrons. The predicted molar refractivity (Wildman–Crippen MR) is 126 cm³/mol. The van der Waals surface area contributed by atoms with Gasteiger partial charge in [-0.1, -0.05) is 68.1 Å². The van der Waals surface area contributed by atoms with Gasteiger partial charge >= 0.3 is 0 Å². The summed E-state index contributed by atoms with van der Waals surface area (Å²) in [6.45, 7) is 8.41. The molecular formula is C25H29FN4OS. The molecule has 1 fully saturated rings. The van der Waals surface area contributed by atoms with E-state index in [1.807, 2.05) is 46.7 Å². The third-order valence-corrected chi connectivity index (χ3v) is 6.89. The summed E-state index contributed by atoms with van der Waals surface area (Å²) in [4.78, 5) is 15.2. The molecule has 3 atom stereocenters. The number of hydrogen-bond donors (Lipinski definition) is 0. The lowest BCUT2D eigenvalue weighted by Crippen LogP contribution is -2.45. The molecule has 0 spiro atoms. The summed E-state index contributed by atoms with van der Waals surface area (Å²) in [6.07, 6.45) is 1.16. The average molecular weight is 453 g/mol. The number of halogens is 1. The van der Waals surface area contributed by atoms with Crippen LogP contribution < -0.4 is 0 Å². The van der Waals surface area contributed by atoms with Crippen LogP contribution >= 0.6 is 11.8 Å². The highest BCUT2D eigenvalue weighted by molar-refractivity contribution is 8.00. The molecule has 3 aromatic rings. The van der Waals surface area contributed by atoms with Gasteiger partial charge in [-0.25, -0.2) is 4.39 Å². The van der Waals surface area contributed by atoms with Crippen molar-refractivity contribution in [1.82, 2.24) is 19.7 Å². The molecule has 1 aliphatic rings. The number of nitrogens with zero attached hydrogens (tertiary/aromatic N) is 4. The smallest absolute Gasteiger partial charge is 0.235 e. The van der Waals surface area contributed by atoms with Gasteiger partial charge in [0.1, 0.15) is 5.82 Å². The predicted octanol–water partition coefficient (Wildman–Crippen LogP) is 5.12. The van der Waals surface area contributed by atoms with Crippen molar-refractivity contribution in [2.24, 2.45) is 11.8 Å². The molecule has 2 aromatic carbocycles. The van der Waals surface area contributed by atoms with Gasteiger partial charge in [-0.3, -0.25) is 9.36 Å². The summed E-state index contributed by atoms with van der Waals surface area (Å²) < 4.78 is 16.5. The minimum Gasteiger partial charge on any atom is -0.341 e. The van der Waals surface area contributed by atoms with Crippen molar-refractivity contribution in [3.63, 3.8) is 0 Å². The first-order valence-corrected chi connectivity index (χ1v) is 12.0. The van der Waals surface area contributed by atoms with E-state index in [9.17, 15) is 9.18 Å². The van der Waals surface area contributed by atoms with Crippen molar-refractivity contribution in [2.45, 2.75) is 44.1 Å². The Balaban J connectivity index is 1.62. The molecule has 1 aliphatic heterocycles. The first-order valence-electron chi connectivity index (χ1n) is 11.1. The number of carbonyl (C=O) groups excluding carboxylic acids is 1. The van der Waals surface area contributed by atoms with Crippen LogP contribution in [0.15, 0.2) is 59.8 Å². The van der Waals surface area contributed by atoms with Crippen molar-refractivity contribution >= 4 is 17.7 Å². The fourth-order valence-electron chi connectivity index (χ4n) is 4.43. The first kappa shape index (κ1) is 22.5. The first-order chi connectivity index (χ1) is 15.4. The molecule has 0 aliphatic carbocycles. The van der Waals surface area contributed by atoms with Gasteiger partial charge in [0, 0.05) is 13.1 Å². The topological polar surface area (TPSA) is 51.0 Å². The molecule has 168 valence electrons. The molecule has 1 aromatic heterocycles. The number of rotatable bonds is 6. The van der Waals surface area contributed by atoms with E-state index in [0.29, 0.717) is 34.9 Å². The molecule has 0 bridgehead atoms. The molecule has 5 nitrogen and oxygen atoms in total. The van der Waals surface area contributed by atoms with E-state index in [1.165, 1.54) is 17.8 Å². The second kappa shape index (κ2) is 9.86. The second-order valence-electron chi connectivity index (χ2n) is 8.81. The number of carbonyl (C=O) groups is 1. The molecule has 4 rings (SSSR count). The molecule has 1 saturated heterocycles. The molecule has 3 unspecified atom stereocenters. The van der Waals surface area contributed by atoms with E-state index < -0.39 is 0 Å². The van der Waals surface area contributed by atoms with Crippen LogP contribution in [-0.4, -0.2) is 43.9 Å². The fraction of sp³-hybridized carbons (Fsp3) is 0.400. The highest BCUT2D eigenvalue weighted by Gasteiger charge is 2.30. The summed E-state index contributed by atoms with van der Waals surface area (Å²) in [5, 5.41) is 9.00. The lowest BCUT2D eigenvalue weighted by Gasteiger charge is -2.36. The van der Waals surface area contributed by atoms with Crippen LogP contribution in [0, 0.1) is 17.7 Å². The van der Waals surface area contributed by atoms with Crippen LogP contribution in [0.4, 0.5) is 4.39 Å². The van der Waals surface area contributed by atoms with Crippen LogP contribution in [0.1, 0.15) is 32.8 Å². The van der Waals surface area contributed by atoms with E-state index in [2.05, 4.69) is 24.0 Å². The highest BCUT2D eigenvalue weighted by atomic mass is 32.2. The van der Waals surface area contributed by atoms with E-state index in [-0.39, 0.29) is 17.0 Å². The number of hydrogen-bond acceptors (Lipinski definition) is 4. The number of likely N-dealkylation sites (tertiary alicyclic amines) is 1. The van der Waals surface area contributed by atoms with E-state index in [4.69, 9.17) is 0 Å². The average Bonchev–Trinajstić information content (AvgIpc) is 3.15. The lowest BCUT2D eigenvalue weighted by atomic mass is 9.92. The fourth-order valence-corrected chi connectivity index (χ4v) is 5.37. The zero-order chi connectivity index (χ0) is 22.7. The van der Waals surface area contributed by atoms with Crippen LogP contribution in [0.2, 0.25) is 0 Å². The Hall–Kier alpha value is -2.67. The van der Waals surface area contributed by atoms with Gasteiger partial charge in [0.2, 0.25) is 5.91 Å². The minimum absolute atomic E-state index is 0.120. The maximum absolute atomic E-state index is 14.6. The zero-order valence-electron chi connectivity index (χ0n) is 18.7. The summed E-state index contributed by atoms with van der Waals surface area (Å²) in [5.74, 6) is 1.26. The summed E-state index contributed by atoms with van der Waals surface area (Å²) in [7, 11) is 0. The van der Waals surface area contributed by atoms with Crippen LogP contribution in [0.3, 0.4) is 0 Å². The van der Waals surface area contributed by atoms with Gasteiger partial charge < -0.3 is 4.90 Å². The SMILES string of the molecule is CC1CC(C)CN(C(=O)C(C)Sc2nnc(-c3ccccc3F)n2Cc2ccccc2)C1. The van der Waals surface area contributed by atoms with Gasteiger partial charge in [-0.15, -0.1) is 10.2 Å². The molecule has 0 saturated carbocycles. The largest absolute Gasteiger partial charge is 0.341 e. The van der Waals surface area contributed by atoms with Crippen LogP contribution in [0.5, 0.6) is 0 Å². The quantitative estimate of drug-likeness (QED) is 0.487. The molecule has 32 heavy (non-hydrogen) atoms. The normalized spacial score (nSPS) is 19.7. The number of thioether (sulfide) groups is 1. The van der Waals surface area contributed by atoms with E-state index in [0.717, 1.165) is 25.1 Å². The van der Waals surface area contributed by atoms with Gasteiger partial charge in [0.25, 0.3) is 0 Å². The Kier molecular flexibility index (Phi) is 6.94. The second-order valence-corrected chi connectivity index (χ2v) is 10.1. The Bertz CT molecular complexity index is 1060. The van der Waals surface area contributed by atoms with Gasteiger partial charge in [0.15, 0.2) is 11.0 Å². The molecule has 0 N–H and O–H groups in total. The summed E-state index contributed by atoms with van der Waals surface area (Å²) >= 11 is 1.39. The minimum atomic E-state index is -0.342. The van der Waals surface area contributed by atoms with Crippen LogP contribution in [0.25, 0.3) is 11.4 Å². The van der Waals surface area contributed by atoms with Crippen molar-refractivity contribution in [2.75, 3.05) is 13.1 Å². The Morgan fingerprint density at radius 3 is 2.41 bits per heavy atom. The van der Waals surface area contributed by atoms with Crippen LogP contribution in [-0.2, 0) is 11.3 Å². The number of amides is 1. The van der Waals surface area contributed by atoms with E-state index in [1.54, 1.807) is 18.2 Å². The van der Waals surface area contributed by atoms with Crippen molar-refractivity contribution in [3.05, 3.63) is 66.0 Å². The number of benzene rings is 2. The lowest BCUT2D eigenvalue weighted by molar-refractivity contribution is -0.132. The maximum atomic E-state index is 14.6. The molecular weight excluding hydrogens is 423 g/mol. The Labute approximate surface area is 193 Å². The van der Waals surface area contributed by atoms with Crippen molar-refractivity contribution in [1.29, 1.82) is 0 Å². The molecule has 2 heterocycles. The summed E-state index contributed by atoms with van der Waals surface area (Å²) in [6, 6.07) is 16.5. The van der Waals surface area contributed by atoms with Crippen molar-refractivity contribution < 1.29 is 9.18 Å². The Morgan fingerprint density at radius 1 is 1.06 bits per heavy atom. The maximum Gasteiger partial charge on any atom is 0.235 e. The third-order valence-electron chi connectivity index (χ3n) is 5.83. The standard InChI is InChI=1S/C25H29FN4OS/c1-17-13-18(2)15-29(14-17)24(31)19(3)32-25-28-27-23(21-11-7-8-12-22(21)26)30(25)16-20-9-5-4-6-10-20/h4-12,17-19H,13-16H2,1-3H3. The number of piperidine rings is 1.